The fourth-order valence-electron chi connectivity index (χ4n) is 2.07. The average Bonchev–Trinajstić information content (AvgIpc) is 2.29. The van der Waals surface area contributed by atoms with Gasteiger partial charge in [0.2, 0.25) is 10.0 Å². The Balaban J connectivity index is 2.20. The summed E-state index contributed by atoms with van der Waals surface area (Å²) in [6.07, 6.45) is 0.968. The molecule has 1 fully saturated rings. The lowest BCUT2D eigenvalue weighted by molar-refractivity contribution is 0.0126. The van der Waals surface area contributed by atoms with E-state index in [4.69, 9.17) is 0 Å². The molecule has 0 atom stereocenters. The highest BCUT2D eigenvalue weighted by atomic mass is 32.2. The Labute approximate surface area is 108 Å². The van der Waals surface area contributed by atoms with Crippen LogP contribution < -0.4 is 0 Å². The predicted molar refractivity (Wildman–Crippen MR) is 69.8 cm³/mol. The van der Waals surface area contributed by atoms with Gasteiger partial charge < -0.3 is 5.11 Å². The maximum absolute atomic E-state index is 12.4. The molecule has 0 unspecified atom stereocenters. The van der Waals surface area contributed by atoms with E-state index in [2.05, 4.69) is 0 Å². The molecule has 1 N–H and O–H groups in total. The summed E-state index contributed by atoms with van der Waals surface area (Å²) in [6.45, 7) is 4.43. The third kappa shape index (κ3) is 2.74. The van der Waals surface area contributed by atoms with Crippen LogP contribution >= 0.6 is 0 Å². The van der Waals surface area contributed by atoms with E-state index in [1.54, 1.807) is 31.2 Å². The van der Waals surface area contributed by atoms with Crippen LogP contribution in [0.5, 0.6) is 0 Å². The van der Waals surface area contributed by atoms with Gasteiger partial charge in [-0.15, -0.1) is 0 Å². The molecule has 1 aliphatic heterocycles. The minimum absolute atomic E-state index is 0.328. The molecule has 4 nitrogen and oxygen atoms in total. The highest BCUT2D eigenvalue weighted by molar-refractivity contribution is 7.89. The van der Waals surface area contributed by atoms with E-state index in [1.807, 2.05) is 6.92 Å². The van der Waals surface area contributed by atoms with Gasteiger partial charge in [-0.1, -0.05) is 17.7 Å². The number of sulfonamides is 1. The standard InChI is InChI=1S/C13H19NO3S/c1-11-3-5-12(6-4-11)18(16,17)14-9-7-13(2,15)8-10-14/h3-6,15H,7-10H2,1-2H3. The lowest BCUT2D eigenvalue weighted by Gasteiger charge is -2.34. The molecule has 0 amide bonds. The summed E-state index contributed by atoms with van der Waals surface area (Å²) in [5, 5.41) is 9.84. The van der Waals surface area contributed by atoms with E-state index in [0.29, 0.717) is 30.8 Å². The molecule has 2 rings (SSSR count). The van der Waals surface area contributed by atoms with Gasteiger partial charge in [0.15, 0.2) is 0 Å². The molecule has 0 spiro atoms. The second kappa shape index (κ2) is 4.64. The SMILES string of the molecule is Cc1ccc(S(=O)(=O)N2CCC(C)(O)CC2)cc1. The number of benzene rings is 1. The zero-order valence-corrected chi connectivity index (χ0v) is 11.6. The number of aliphatic hydroxyl groups is 1. The highest BCUT2D eigenvalue weighted by Crippen LogP contribution is 2.26. The first-order valence-electron chi connectivity index (χ1n) is 6.10. The van der Waals surface area contributed by atoms with Crippen LogP contribution in [-0.4, -0.2) is 36.5 Å². The first-order chi connectivity index (χ1) is 8.31. The molecular weight excluding hydrogens is 250 g/mol. The Morgan fingerprint density at radius 1 is 1.17 bits per heavy atom. The predicted octanol–water partition coefficient (Wildman–Crippen LogP) is 1.53. The van der Waals surface area contributed by atoms with Gasteiger partial charge in [-0.05, 0) is 38.8 Å². The van der Waals surface area contributed by atoms with E-state index < -0.39 is 15.6 Å². The van der Waals surface area contributed by atoms with Gasteiger partial charge in [-0.2, -0.15) is 4.31 Å². The van der Waals surface area contributed by atoms with Crippen molar-refractivity contribution in [2.24, 2.45) is 0 Å². The maximum atomic E-state index is 12.4. The summed E-state index contributed by atoms with van der Waals surface area (Å²) >= 11 is 0. The molecule has 0 bridgehead atoms. The number of nitrogens with zero attached hydrogens (tertiary/aromatic N) is 1. The highest BCUT2D eigenvalue weighted by Gasteiger charge is 2.33. The first kappa shape index (κ1) is 13.5. The van der Waals surface area contributed by atoms with E-state index in [-0.39, 0.29) is 0 Å². The Morgan fingerprint density at radius 2 is 1.67 bits per heavy atom. The largest absolute Gasteiger partial charge is 0.390 e. The molecular formula is C13H19NO3S. The van der Waals surface area contributed by atoms with Crippen molar-refractivity contribution in [3.63, 3.8) is 0 Å². The van der Waals surface area contributed by atoms with Crippen molar-refractivity contribution < 1.29 is 13.5 Å². The van der Waals surface area contributed by atoms with Crippen LogP contribution in [0.15, 0.2) is 29.2 Å². The third-order valence-electron chi connectivity index (χ3n) is 3.46. The lowest BCUT2D eigenvalue weighted by Crippen LogP contribution is -2.45. The van der Waals surface area contributed by atoms with Crippen molar-refractivity contribution in [3.05, 3.63) is 29.8 Å². The molecule has 0 aromatic heterocycles. The van der Waals surface area contributed by atoms with Gasteiger partial charge in [-0.3, -0.25) is 0 Å². The maximum Gasteiger partial charge on any atom is 0.243 e. The molecule has 5 heteroatoms. The summed E-state index contributed by atoms with van der Waals surface area (Å²) in [5.74, 6) is 0. The Morgan fingerprint density at radius 3 is 2.17 bits per heavy atom. The Kier molecular flexibility index (Phi) is 3.49. The van der Waals surface area contributed by atoms with Crippen molar-refractivity contribution in [3.8, 4) is 0 Å². The molecule has 1 saturated heterocycles. The Hall–Kier alpha value is -0.910. The van der Waals surface area contributed by atoms with Gasteiger partial charge >= 0.3 is 0 Å². The summed E-state index contributed by atoms with van der Waals surface area (Å²) in [7, 11) is -3.41. The van der Waals surface area contributed by atoms with Crippen LogP contribution in [0.3, 0.4) is 0 Å². The van der Waals surface area contributed by atoms with Crippen LogP contribution in [0.2, 0.25) is 0 Å². The fourth-order valence-corrected chi connectivity index (χ4v) is 3.51. The average molecular weight is 269 g/mol. The molecule has 0 saturated carbocycles. The van der Waals surface area contributed by atoms with Gasteiger partial charge in [-0.25, -0.2) is 8.42 Å². The molecule has 1 heterocycles. The third-order valence-corrected chi connectivity index (χ3v) is 5.37. The summed E-state index contributed by atoms with van der Waals surface area (Å²) in [4.78, 5) is 0.328. The fraction of sp³-hybridized carbons (Fsp3) is 0.538. The van der Waals surface area contributed by atoms with Crippen LogP contribution in [0.1, 0.15) is 25.3 Å². The van der Waals surface area contributed by atoms with E-state index >= 15 is 0 Å². The quantitative estimate of drug-likeness (QED) is 0.886. The second-order valence-electron chi connectivity index (χ2n) is 5.21. The van der Waals surface area contributed by atoms with E-state index in [9.17, 15) is 13.5 Å². The van der Waals surface area contributed by atoms with Gasteiger partial charge in [0.1, 0.15) is 0 Å². The van der Waals surface area contributed by atoms with E-state index in [0.717, 1.165) is 5.56 Å². The normalized spacial score (nSPS) is 20.8. The zero-order chi connectivity index (χ0) is 13.4. The number of hydrogen-bond acceptors (Lipinski definition) is 3. The second-order valence-corrected chi connectivity index (χ2v) is 7.15. The van der Waals surface area contributed by atoms with Crippen LogP contribution in [0.4, 0.5) is 0 Å². The molecule has 100 valence electrons. The van der Waals surface area contributed by atoms with Crippen LogP contribution in [-0.2, 0) is 10.0 Å². The van der Waals surface area contributed by atoms with Crippen LogP contribution in [0, 0.1) is 6.92 Å². The van der Waals surface area contributed by atoms with Crippen molar-refractivity contribution in [1.29, 1.82) is 0 Å². The van der Waals surface area contributed by atoms with Crippen LogP contribution in [0.25, 0.3) is 0 Å². The molecule has 0 radical (unpaired) electrons. The molecule has 1 aromatic rings. The number of hydrogen-bond donors (Lipinski definition) is 1. The van der Waals surface area contributed by atoms with Gasteiger partial charge in [0, 0.05) is 13.1 Å². The minimum Gasteiger partial charge on any atom is -0.390 e. The molecule has 1 aliphatic rings. The first-order valence-corrected chi connectivity index (χ1v) is 7.54. The number of aryl methyl sites for hydroxylation is 1. The van der Waals surface area contributed by atoms with Crippen molar-refractivity contribution >= 4 is 10.0 Å². The lowest BCUT2D eigenvalue weighted by atomic mass is 9.95. The van der Waals surface area contributed by atoms with Gasteiger partial charge in [0.25, 0.3) is 0 Å². The number of piperidine rings is 1. The van der Waals surface area contributed by atoms with E-state index in [1.165, 1.54) is 4.31 Å². The van der Waals surface area contributed by atoms with Gasteiger partial charge in [0.05, 0.1) is 10.5 Å². The molecule has 1 aromatic carbocycles. The summed E-state index contributed by atoms with van der Waals surface area (Å²) < 4.78 is 26.2. The smallest absolute Gasteiger partial charge is 0.243 e. The number of rotatable bonds is 2. The minimum atomic E-state index is -3.41. The molecule has 0 aliphatic carbocycles. The van der Waals surface area contributed by atoms with Crippen molar-refractivity contribution in [2.75, 3.05) is 13.1 Å². The summed E-state index contributed by atoms with van der Waals surface area (Å²) in [5.41, 5.74) is 0.301. The molecule has 18 heavy (non-hydrogen) atoms. The monoisotopic (exact) mass is 269 g/mol. The van der Waals surface area contributed by atoms with Crippen molar-refractivity contribution in [2.45, 2.75) is 37.2 Å². The zero-order valence-electron chi connectivity index (χ0n) is 10.8. The topological polar surface area (TPSA) is 57.6 Å². The summed E-state index contributed by atoms with van der Waals surface area (Å²) in [6, 6.07) is 6.87. The Bertz CT molecular complexity index is 510. The van der Waals surface area contributed by atoms with Crippen molar-refractivity contribution in [1.82, 2.24) is 4.31 Å².